The van der Waals surface area contributed by atoms with Crippen molar-refractivity contribution in [2.75, 3.05) is 11.9 Å². The summed E-state index contributed by atoms with van der Waals surface area (Å²) >= 11 is 0. The first-order valence-corrected chi connectivity index (χ1v) is 6.94. The molecule has 0 radical (unpaired) electrons. The van der Waals surface area contributed by atoms with Crippen molar-refractivity contribution in [1.82, 2.24) is 0 Å². The Kier molecular flexibility index (Phi) is 3.57. The van der Waals surface area contributed by atoms with Crippen LogP contribution in [0.4, 0.5) is 5.69 Å². The molecule has 2 rings (SSSR count). The van der Waals surface area contributed by atoms with Gasteiger partial charge in [-0.2, -0.15) is 0 Å². The molecule has 0 fully saturated rings. The van der Waals surface area contributed by atoms with Crippen molar-refractivity contribution in [3.05, 3.63) is 23.3 Å². The number of nitrogens with one attached hydrogen (secondary N) is 1. The molecule has 19 heavy (non-hydrogen) atoms. The van der Waals surface area contributed by atoms with Crippen LogP contribution in [0.2, 0.25) is 0 Å². The summed E-state index contributed by atoms with van der Waals surface area (Å²) in [5, 5.41) is 2.95. The maximum atomic E-state index is 11.3. The standard InChI is InChI=1S/C16H23NO2/c1-6-19-13-8-7-12(17-11(3)18)14-10(2)9-16(4,5)15(13)14/h7-8,10H,6,9H2,1-5H3,(H,17,18). The largest absolute Gasteiger partial charge is 0.494 e. The highest BCUT2D eigenvalue weighted by Gasteiger charge is 2.39. The molecule has 0 bridgehead atoms. The second-order valence-corrected chi connectivity index (χ2v) is 6.00. The quantitative estimate of drug-likeness (QED) is 0.898. The molecule has 0 spiro atoms. The number of anilines is 1. The van der Waals surface area contributed by atoms with Crippen LogP contribution in [0.25, 0.3) is 0 Å². The van der Waals surface area contributed by atoms with E-state index < -0.39 is 0 Å². The molecule has 0 saturated heterocycles. The molecule has 1 unspecified atom stereocenters. The van der Waals surface area contributed by atoms with Gasteiger partial charge in [-0.25, -0.2) is 0 Å². The van der Waals surface area contributed by atoms with Gasteiger partial charge in [0.1, 0.15) is 5.75 Å². The lowest BCUT2D eigenvalue weighted by Crippen LogP contribution is -2.15. The highest BCUT2D eigenvalue weighted by molar-refractivity contribution is 5.90. The van der Waals surface area contributed by atoms with E-state index in [2.05, 4.69) is 26.1 Å². The van der Waals surface area contributed by atoms with Crippen molar-refractivity contribution in [2.24, 2.45) is 0 Å². The number of ether oxygens (including phenoxy) is 1. The molecular formula is C16H23NO2. The average Bonchev–Trinajstić information content (AvgIpc) is 2.53. The van der Waals surface area contributed by atoms with Crippen molar-refractivity contribution in [2.45, 2.75) is 52.4 Å². The summed E-state index contributed by atoms with van der Waals surface area (Å²) in [6.45, 7) is 10.9. The van der Waals surface area contributed by atoms with Gasteiger partial charge in [0.15, 0.2) is 0 Å². The topological polar surface area (TPSA) is 38.3 Å². The van der Waals surface area contributed by atoms with Gasteiger partial charge in [-0.1, -0.05) is 20.8 Å². The zero-order valence-corrected chi connectivity index (χ0v) is 12.5. The minimum atomic E-state index is -0.0248. The third-order valence-electron chi connectivity index (χ3n) is 3.80. The fourth-order valence-electron chi connectivity index (χ4n) is 3.35. The summed E-state index contributed by atoms with van der Waals surface area (Å²) in [7, 11) is 0. The molecule has 3 nitrogen and oxygen atoms in total. The molecule has 1 aliphatic rings. The van der Waals surface area contributed by atoms with Crippen LogP contribution in [-0.2, 0) is 10.2 Å². The maximum absolute atomic E-state index is 11.3. The molecule has 0 aliphatic heterocycles. The SMILES string of the molecule is CCOc1ccc(NC(C)=O)c2c1C(C)(C)CC2C. The predicted molar refractivity (Wildman–Crippen MR) is 78.0 cm³/mol. The van der Waals surface area contributed by atoms with Crippen LogP contribution in [0.3, 0.4) is 0 Å². The first-order valence-electron chi connectivity index (χ1n) is 6.94. The van der Waals surface area contributed by atoms with Gasteiger partial charge in [-0.05, 0) is 42.4 Å². The molecule has 1 atom stereocenters. The summed E-state index contributed by atoms with van der Waals surface area (Å²) < 4.78 is 5.78. The van der Waals surface area contributed by atoms with E-state index in [0.29, 0.717) is 12.5 Å². The average molecular weight is 261 g/mol. The van der Waals surface area contributed by atoms with E-state index in [0.717, 1.165) is 17.9 Å². The Hall–Kier alpha value is -1.51. The summed E-state index contributed by atoms with van der Waals surface area (Å²) in [5.74, 6) is 1.37. The number of hydrogen-bond acceptors (Lipinski definition) is 2. The monoisotopic (exact) mass is 261 g/mol. The minimum Gasteiger partial charge on any atom is -0.494 e. The zero-order chi connectivity index (χ0) is 14.2. The number of benzene rings is 1. The Morgan fingerprint density at radius 1 is 1.47 bits per heavy atom. The Balaban J connectivity index is 2.59. The second kappa shape index (κ2) is 4.87. The molecule has 104 valence electrons. The molecule has 1 aliphatic carbocycles. The molecule has 0 heterocycles. The van der Waals surface area contributed by atoms with Crippen molar-refractivity contribution in [1.29, 1.82) is 0 Å². The normalized spacial score (nSPS) is 19.9. The fraction of sp³-hybridized carbons (Fsp3) is 0.562. The maximum Gasteiger partial charge on any atom is 0.221 e. The summed E-state index contributed by atoms with van der Waals surface area (Å²) in [4.78, 5) is 11.3. The fourth-order valence-corrected chi connectivity index (χ4v) is 3.35. The van der Waals surface area contributed by atoms with Crippen molar-refractivity contribution in [3.63, 3.8) is 0 Å². The number of hydrogen-bond donors (Lipinski definition) is 1. The van der Waals surface area contributed by atoms with Crippen molar-refractivity contribution < 1.29 is 9.53 Å². The zero-order valence-electron chi connectivity index (χ0n) is 12.5. The van der Waals surface area contributed by atoms with Crippen LogP contribution in [0, 0.1) is 0 Å². The molecule has 0 saturated carbocycles. The van der Waals surface area contributed by atoms with E-state index in [1.807, 2.05) is 19.1 Å². The van der Waals surface area contributed by atoms with Crippen LogP contribution in [-0.4, -0.2) is 12.5 Å². The van der Waals surface area contributed by atoms with Gasteiger partial charge in [0.25, 0.3) is 0 Å². The third-order valence-corrected chi connectivity index (χ3v) is 3.80. The lowest BCUT2D eigenvalue weighted by Gasteiger charge is -2.23. The van der Waals surface area contributed by atoms with E-state index in [4.69, 9.17) is 4.74 Å². The van der Waals surface area contributed by atoms with E-state index in [1.165, 1.54) is 11.1 Å². The van der Waals surface area contributed by atoms with Crippen LogP contribution in [0.1, 0.15) is 58.1 Å². The van der Waals surface area contributed by atoms with Crippen molar-refractivity contribution in [3.8, 4) is 5.75 Å². The first-order chi connectivity index (χ1) is 8.86. The number of amides is 1. The lowest BCUT2D eigenvalue weighted by atomic mass is 9.85. The first kappa shape index (κ1) is 13.9. The summed E-state index contributed by atoms with van der Waals surface area (Å²) in [5.41, 5.74) is 3.52. The van der Waals surface area contributed by atoms with E-state index in [-0.39, 0.29) is 11.3 Å². The van der Waals surface area contributed by atoms with Gasteiger partial charge in [0.05, 0.1) is 6.61 Å². The molecule has 1 aromatic rings. The highest BCUT2D eigenvalue weighted by atomic mass is 16.5. The second-order valence-electron chi connectivity index (χ2n) is 6.00. The van der Waals surface area contributed by atoms with Gasteiger partial charge in [0.2, 0.25) is 5.91 Å². The van der Waals surface area contributed by atoms with Gasteiger partial charge >= 0.3 is 0 Å². The number of rotatable bonds is 3. The highest BCUT2D eigenvalue weighted by Crippen LogP contribution is 2.52. The Labute approximate surface area is 115 Å². The Morgan fingerprint density at radius 3 is 2.74 bits per heavy atom. The molecule has 3 heteroatoms. The Bertz CT molecular complexity index is 506. The van der Waals surface area contributed by atoms with Crippen LogP contribution in [0.15, 0.2) is 12.1 Å². The Morgan fingerprint density at radius 2 is 2.16 bits per heavy atom. The third kappa shape index (κ3) is 2.46. The van der Waals surface area contributed by atoms with Crippen LogP contribution < -0.4 is 10.1 Å². The number of carbonyl (C=O) groups is 1. The van der Waals surface area contributed by atoms with Crippen LogP contribution in [0.5, 0.6) is 5.75 Å². The predicted octanol–water partition coefficient (Wildman–Crippen LogP) is 3.83. The van der Waals surface area contributed by atoms with Gasteiger partial charge in [-0.3, -0.25) is 4.79 Å². The molecule has 1 aromatic carbocycles. The smallest absolute Gasteiger partial charge is 0.221 e. The number of fused-ring (bicyclic) bond motifs is 1. The van der Waals surface area contributed by atoms with Gasteiger partial charge < -0.3 is 10.1 Å². The molecule has 1 amide bonds. The molecular weight excluding hydrogens is 238 g/mol. The van der Waals surface area contributed by atoms with Gasteiger partial charge in [-0.15, -0.1) is 0 Å². The molecule has 0 aromatic heterocycles. The van der Waals surface area contributed by atoms with Crippen molar-refractivity contribution >= 4 is 11.6 Å². The summed E-state index contributed by atoms with van der Waals surface area (Å²) in [6.07, 6.45) is 1.08. The molecule has 1 N–H and O–H groups in total. The van der Waals surface area contributed by atoms with E-state index in [9.17, 15) is 4.79 Å². The number of carbonyl (C=O) groups excluding carboxylic acids is 1. The minimum absolute atomic E-state index is 0.0248. The van der Waals surface area contributed by atoms with Gasteiger partial charge in [0, 0.05) is 18.2 Å². The van der Waals surface area contributed by atoms with E-state index in [1.54, 1.807) is 6.92 Å². The van der Waals surface area contributed by atoms with Crippen LogP contribution >= 0.6 is 0 Å². The lowest BCUT2D eigenvalue weighted by molar-refractivity contribution is -0.114. The van der Waals surface area contributed by atoms with E-state index >= 15 is 0 Å². The summed E-state index contributed by atoms with van der Waals surface area (Å²) in [6, 6.07) is 3.94.